The van der Waals surface area contributed by atoms with E-state index in [1.165, 1.54) is 4.88 Å². The van der Waals surface area contributed by atoms with Crippen molar-refractivity contribution in [3.05, 3.63) is 22.4 Å². The Kier molecular flexibility index (Phi) is 8.41. The molecule has 2 rings (SSSR count). The van der Waals surface area contributed by atoms with Gasteiger partial charge in [-0.05, 0) is 44.1 Å². The van der Waals surface area contributed by atoms with Gasteiger partial charge in [-0.15, -0.1) is 11.3 Å². The van der Waals surface area contributed by atoms with Gasteiger partial charge in [0.1, 0.15) is 0 Å². The topological polar surface area (TPSA) is 61.4 Å². The highest BCUT2D eigenvalue weighted by Crippen LogP contribution is 2.21. The summed E-state index contributed by atoms with van der Waals surface area (Å²) in [5.74, 6) is 0.200. The molecular formula is C19H31N3O2S. The molecule has 25 heavy (non-hydrogen) atoms. The number of nitrogens with zero attached hydrogens (tertiary/aromatic N) is 1. The van der Waals surface area contributed by atoms with Crippen LogP contribution in [-0.2, 0) is 16.0 Å². The van der Waals surface area contributed by atoms with E-state index in [0.29, 0.717) is 25.7 Å². The quantitative estimate of drug-likeness (QED) is 0.661. The number of unbranched alkanes of at least 4 members (excludes halogenated alkanes) is 1. The first kappa shape index (κ1) is 19.9. The molecule has 140 valence electrons. The molecule has 2 heterocycles. The van der Waals surface area contributed by atoms with E-state index in [-0.39, 0.29) is 17.7 Å². The zero-order chi connectivity index (χ0) is 18.1. The fourth-order valence-electron chi connectivity index (χ4n) is 3.17. The number of amides is 2. The molecule has 1 aliphatic rings. The van der Waals surface area contributed by atoms with Gasteiger partial charge in [0.15, 0.2) is 0 Å². The van der Waals surface area contributed by atoms with E-state index in [9.17, 15) is 9.59 Å². The molecule has 1 aromatic heterocycles. The van der Waals surface area contributed by atoms with E-state index >= 15 is 0 Å². The lowest BCUT2D eigenvalue weighted by Crippen LogP contribution is -2.50. The van der Waals surface area contributed by atoms with Gasteiger partial charge in [-0.1, -0.05) is 19.4 Å². The van der Waals surface area contributed by atoms with Gasteiger partial charge in [-0.25, -0.2) is 0 Å². The lowest BCUT2D eigenvalue weighted by atomic mass is 9.92. The summed E-state index contributed by atoms with van der Waals surface area (Å²) >= 11 is 1.72. The van der Waals surface area contributed by atoms with Crippen LogP contribution in [0.1, 0.15) is 44.4 Å². The first-order valence-electron chi connectivity index (χ1n) is 9.41. The molecule has 2 unspecified atom stereocenters. The van der Waals surface area contributed by atoms with Crippen molar-refractivity contribution in [3.8, 4) is 0 Å². The predicted octanol–water partition coefficient (Wildman–Crippen LogP) is 2.42. The summed E-state index contributed by atoms with van der Waals surface area (Å²) in [5, 5.41) is 8.08. The third kappa shape index (κ3) is 6.78. The van der Waals surface area contributed by atoms with Crippen LogP contribution >= 0.6 is 11.3 Å². The number of likely N-dealkylation sites (tertiary alicyclic amines) is 1. The first-order chi connectivity index (χ1) is 12.1. The monoisotopic (exact) mass is 365 g/mol. The lowest BCUT2D eigenvalue weighted by molar-refractivity contribution is -0.129. The number of rotatable bonds is 9. The maximum absolute atomic E-state index is 12.3. The van der Waals surface area contributed by atoms with Crippen LogP contribution in [-0.4, -0.2) is 48.9 Å². The second-order valence-corrected chi connectivity index (χ2v) is 7.91. The summed E-state index contributed by atoms with van der Waals surface area (Å²) in [4.78, 5) is 27.9. The highest BCUT2D eigenvalue weighted by molar-refractivity contribution is 7.09. The van der Waals surface area contributed by atoms with Gasteiger partial charge in [0, 0.05) is 30.6 Å². The summed E-state index contributed by atoms with van der Waals surface area (Å²) in [6.45, 7) is 6.74. The van der Waals surface area contributed by atoms with Crippen molar-refractivity contribution in [3.63, 3.8) is 0 Å². The van der Waals surface area contributed by atoms with Gasteiger partial charge >= 0.3 is 0 Å². The number of thiophene rings is 1. The average molecular weight is 366 g/mol. The van der Waals surface area contributed by atoms with Crippen LogP contribution in [0, 0.1) is 5.92 Å². The van der Waals surface area contributed by atoms with E-state index in [2.05, 4.69) is 40.8 Å². The largest absolute Gasteiger partial charge is 0.356 e. The van der Waals surface area contributed by atoms with Gasteiger partial charge in [-0.2, -0.15) is 0 Å². The molecule has 0 radical (unpaired) electrons. The Hall–Kier alpha value is -1.40. The standard InChI is InChI=1S/C19H31N3O2S/c1-3-4-10-21-19(24)16-8-7-15(2)22(13-16)14-18(23)20-11-9-17-6-5-12-25-17/h5-6,12,15-16H,3-4,7-11,13-14H2,1-2H3,(H,20,23)(H,21,24). The molecule has 2 N–H and O–H groups in total. The molecule has 0 bridgehead atoms. The van der Waals surface area contributed by atoms with Crippen molar-refractivity contribution >= 4 is 23.2 Å². The zero-order valence-corrected chi connectivity index (χ0v) is 16.2. The van der Waals surface area contributed by atoms with E-state index in [1.807, 2.05) is 6.07 Å². The van der Waals surface area contributed by atoms with E-state index in [4.69, 9.17) is 0 Å². The molecule has 0 aromatic carbocycles. The number of hydrogen-bond donors (Lipinski definition) is 2. The third-order valence-corrected chi connectivity index (χ3v) is 5.77. The molecule has 0 spiro atoms. The van der Waals surface area contributed by atoms with Crippen LogP contribution in [0.4, 0.5) is 0 Å². The number of carbonyl (C=O) groups excluding carboxylic acids is 2. The second-order valence-electron chi connectivity index (χ2n) is 6.88. The molecular weight excluding hydrogens is 334 g/mol. The Labute approximate surface area is 155 Å². The highest BCUT2D eigenvalue weighted by Gasteiger charge is 2.30. The third-order valence-electron chi connectivity index (χ3n) is 4.83. The van der Waals surface area contributed by atoms with Crippen LogP contribution < -0.4 is 10.6 Å². The molecule has 6 heteroatoms. The van der Waals surface area contributed by atoms with E-state index in [0.717, 1.165) is 38.6 Å². The van der Waals surface area contributed by atoms with Gasteiger partial charge in [0.05, 0.1) is 12.5 Å². The van der Waals surface area contributed by atoms with Crippen molar-refractivity contribution in [2.24, 2.45) is 5.92 Å². The summed E-state index contributed by atoms with van der Waals surface area (Å²) in [5.41, 5.74) is 0. The number of hydrogen-bond acceptors (Lipinski definition) is 4. The van der Waals surface area contributed by atoms with Crippen molar-refractivity contribution in [1.82, 2.24) is 15.5 Å². The molecule has 1 aliphatic heterocycles. The number of carbonyl (C=O) groups is 2. The minimum Gasteiger partial charge on any atom is -0.356 e. The Morgan fingerprint density at radius 3 is 2.84 bits per heavy atom. The maximum atomic E-state index is 12.3. The van der Waals surface area contributed by atoms with Crippen LogP contribution in [0.2, 0.25) is 0 Å². The van der Waals surface area contributed by atoms with Crippen LogP contribution in [0.25, 0.3) is 0 Å². The molecule has 2 amide bonds. The Bertz CT molecular complexity index is 533. The first-order valence-corrected chi connectivity index (χ1v) is 10.3. The second kappa shape index (κ2) is 10.6. The van der Waals surface area contributed by atoms with Gasteiger partial charge in [0.2, 0.25) is 11.8 Å². The molecule has 1 fully saturated rings. The van der Waals surface area contributed by atoms with E-state index in [1.54, 1.807) is 11.3 Å². The molecule has 2 atom stereocenters. The summed E-state index contributed by atoms with van der Waals surface area (Å²) in [6, 6.07) is 4.47. The zero-order valence-electron chi connectivity index (χ0n) is 15.4. The summed E-state index contributed by atoms with van der Waals surface area (Å²) in [6.07, 6.45) is 4.86. The molecule has 5 nitrogen and oxygen atoms in total. The van der Waals surface area contributed by atoms with Gasteiger partial charge in [0.25, 0.3) is 0 Å². The summed E-state index contributed by atoms with van der Waals surface area (Å²) in [7, 11) is 0. The highest BCUT2D eigenvalue weighted by atomic mass is 32.1. The summed E-state index contributed by atoms with van der Waals surface area (Å²) < 4.78 is 0. The van der Waals surface area contributed by atoms with Crippen molar-refractivity contribution in [2.75, 3.05) is 26.2 Å². The Morgan fingerprint density at radius 2 is 2.12 bits per heavy atom. The maximum Gasteiger partial charge on any atom is 0.234 e. The fraction of sp³-hybridized carbons (Fsp3) is 0.684. The number of nitrogens with one attached hydrogen (secondary N) is 2. The van der Waals surface area contributed by atoms with Crippen LogP contribution in [0.15, 0.2) is 17.5 Å². The van der Waals surface area contributed by atoms with Crippen LogP contribution in [0.3, 0.4) is 0 Å². The molecule has 1 saturated heterocycles. The van der Waals surface area contributed by atoms with Crippen molar-refractivity contribution in [2.45, 2.75) is 52.0 Å². The van der Waals surface area contributed by atoms with E-state index < -0.39 is 0 Å². The molecule has 1 aromatic rings. The molecule has 0 saturated carbocycles. The Morgan fingerprint density at radius 1 is 1.28 bits per heavy atom. The van der Waals surface area contributed by atoms with Crippen molar-refractivity contribution in [1.29, 1.82) is 0 Å². The smallest absolute Gasteiger partial charge is 0.234 e. The minimum absolute atomic E-state index is 0.00646. The van der Waals surface area contributed by atoms with Crippen LogP contribution in [0.5, 0.6) is 0 Å². The Balaban J connectivity index is 1.72. The molecule has 0 aliphatic carbocycles. The normalized spacial score (nSPS) is 21.0. The fourth-order valence-corrected chi connectivity index (χ4v) is 3.88. The SMILES string of the molecule is CCCCNC(=O)C1CCC(C)N(CC(=O)NCCc2cccs2)C1. The minimum atomic E-state index is 0.00646. The van der Waals surface area contributed by atoms with Crippen molar-refractivity contribution < 1.29 is 9.59 Å². The van der Waals surface area contributed by atoms with Gasteiger partial charge < -0.3 is 10.6 Å². The number of piperidine rings is 1. The van der Waals surface area contributed by atoms with Gasteiger partial charge in [-0.3, -0.25) is 14.5 Å². The predicted molar refractivity (Wildman–Crippen MR) is 103 cm³/mol. The average Bonchev–Trinajstić information content (AvgIpc) is 3.10. The lowest BCUT2D eigenvalue weighted by Gasteiger charge is -2.36.